The second-order valence-corrected chi connectivity index (χ2v) is 4.51. The van der Waals surface area contributed by atoms with Gasteiger partial charge in [-0.1, -0.05) is 24.6 Å². The van der Waals surface area contributed by atoms with E-state index in [0.29, 0.717) is 0 Å². The first-order valence-electron chi connectivity index (χ1n) is 5.38. The van der Waals surface area contributed by atoms with Crippen LogP contribution in [0.2, 0.25) is 0 Å². The van der Waals surface area contributed by atoms with Crippen LogP contribution in [0.3, 0.4) is 0 Å². The molecule has 1 fully saturated rings. The zero-order valence-corrected chi connectivity index (χ0v) is 9.21. The average molecular weight is 204 g/mol. The van der Waals surface area contributed by atoms with Crippen molar-refractivity contribution in [3.8, 4) is 0 Å². The van der Waals surface area contributed by atoms with E-state index in [1.165, 1.54) is 0 Å². The lowest BCUT2D eigenvalue weighted by molar-refractivity contribution is -0.147. The molecule has 2 heteroatoms. The van der Waals surface area contributed by atoms with Crippen molar-refractivity contribution in [2.75, 3.05) is 0 Å². The topological polar surface area (TPSA) is 37.3 Å². The first-order chi connectivity index (χ1) is 7.08. The molecule has 0 unspecified atom stereocenters. The summed E-state index contributed by atoms with van der Waals surface area (Å²) in [5, 5.41) is 9.39. The lowest BCUT2D eigenvalue weighted by Gasteiger charge is -2.40. The van der Waals surface area contributed by atoms with Gasteiger partial charge >= 0.3 is 5.97 Å². The van der Waals surface area contributed by atoms with Crippen LogP contribution in [-0.4, -0.2) is 11.1 Å². The van der Waals surface area contributed by atoms with Crippen LogP contribution in [0.25, 0.3) is 0 Å². The van der Waals surface area contributed by atoms with Crippen LogP contribution in [0, 0.1) is 13.8 Å². The Labute approximate surface area is 89.9 Å². The third-order valence-corrected chi connectivity index (χ3v) is 3.58. The van der Waals surface area contributed by atoms with Crippen molar-refractivity contribution in [3.63, 3.8) is 0 Å². The lowest BCUT2D eigenvalue weighted by atomic mass is 9.62. The van der Waals surface area contributed by atoms with E-state index in [4.69, 9.17) is 0 Å². The number of benzene rings is 1. The highest BCUT2D eigenvalue weighted by atomic mass is 16.4. The summed E-state index contributed by atoms with van der Waals surface area (Å²) in [6.45, 7) is 4.01. The molecule has 0 atom stereocenters. The fourth-order valence-electron chi connectivity index (χ4n) is 2.67. The highest BCUT2D eigenvalue weighted by Gasteiger charge is 2.47. The van der Waals surface area contributed by atoms with Crippen molar-refractivity contribution in [3.05, 3.63) is 34.9 Å². The van der Waals surface area contributed by atoms with Gasteiger partial charge in [0.05, 0.1) is 5.41 Å². The van der Waals surface area contributed by atoms with E-state index in [9.17, 15) is 9.90 Å². The van der Waals surface area contributed by atoms with E-state index < -0.39 is 11.4 Å². The largest absolute Gasteiger partial charge is 0.481 e. The molecule has 0 heterocycles. The standard InChI is InChI=1S/C13H16O2/c1-9-5-3-6-10(2)11(9)13(12(14)15)7-4-8-13/h3,5-6H,4,7-8H2,1-2H3,(H,14,15). The van der Waals surface area contributed by atoms with E-state index in [2.05, 4.69) is 0 Å². The Balaban J connectivity index is 2.57. The van der Waals surface area contributed by atoms with Gasteiger partial charge in [0.15, 0.2) is 0 Å². The van der Waals surface area contributed by atoms with Gasteiger partial charge in [-0.2, -0.15) is 0 Å². The Bertz CT molecular complexity index is 383. The van der Waals surface area contributed by atoms with Crippen molar-refractivity contribution in [2.45, 2.75) is 38.5 Å². The van der Waals surface area contributed by atoms with Gasteiger partial charge in [-0.3, -0.25) is 4.79 Å². The number of carboxylic acids is 1. The number of hydrogen-bond donors (Lipinski definition) is 1. The van der Waals surface area contributed by atoms with Gasteiger partial charge in [0.25, 0.3) is 0 Å². The van der Waals surface area contributed by atoms with Crippen LogP contribution in [-0.2, 0) is 10.2 Å². The molecule has 1 aliphatic carbocycles. The summed E-state index contributed by atoms with van der Waals surface area (Å²) in [6, 6.07) is 6.00. The van der Waals surface area contributed by atoms with Gasteiger partial charge in [0, 0.05) is 0 Å². The molecule has 80 valence electrons. The van der Waals surface area contributed by atoms with Crippen molar-refractivity contribution in [1.82, 2.24) is 0 Å². The van der Waals surface area contributed by atoms with Gasteiger partial charge in [-0.25, -0.2) is 0 Å². The summed E-state index contributed by atoms with van der Waals surface area (Å²) in [4.78, 5) is 11.4. The zero-order valence-electron chi connectivity index (χ0n) is 9.21. The van der Waals surface area contributed by atoms with Gasteiger partial charge in [-0.05, 0) is 43.4 Å². The van der Waals surface area contributed by atoms with Gasteiger partial charge in [-0.15, -0.1) is 0 Å². The maximum atomic E-state index is 11.4. The molecular formula is C13H16O2. The molecule has 0 radical (unpaired) electrons. The molecule has 1 aromatic rings. The molecular weight excluding hydrogens is 188 g/mol. The van der Waals surface area contributed by atoms with E-state index in [1.807, 2.05) is 32.0 Å². The van der Waals surface area contributed by atoms with Crippen LogP contribution in [0.1, 0.15) is 36.0 Å². The molecule has 0 bridgehead atoms. The van der Waals surface area contributed by atoms with Crippen LogP contribution in [0.15, 0.2) is 18.2 Å². The predicted octanol–water partition coefficient (Wildman–Crippen LogP) is 2.81. The second-order valence-electron chi connectivity index (χ2n) is 4.51. The maximum Gasteiger partial charge on any atom is 0.314 e. The summed E-state index contributed by atoms with van der Waals surface area (Å²) < 4.78 is 0. The van der Waals surface area contributed by atoms with E-state index >= 15 is 0 Å². The first kappa shape index (κ1) is 10.2. The number of rotatable bonds is 2. The number of hydrogen-bond acceptors (Lipinski definition) is 1. The highest BCUT2D eigenvalue weighted by molar-refractivity contribution is 5.83. The van der Waals surface area contributed by atoms with Crippen LogP contribution >= 0.6 is 0 Å². The molecule has 0 spiro atoms. The normalized spacial score (nSPS) is 18.3. The van der Waals surface area contributed by atoms with Crippen molar-refractivity contribution in [1.29, 1.82) is 0 Å². The van der Waals surface area contributed by atoms with Crippen LogP contribution in [0.5, 0.6) is 0 Å². The van der Waals surface area contributed by atoms with Crippen molar-refractivity contribution in [2.24, 2.45) is 0 Å². The van der Waals surface area contributed by atoms with E-state index in [0.717, 1.165) is 36.0 Å². The molecule has 0 aromatic heterocycles. The van der Waals surface area contributed by atoms with Gasteiger partial charge < -0.3 is 5.11 Å². The molecule has 15 heavy (non-hydrogen) atoms. The quantitative estimate of drug-likeness (QED) is 0.804. The fourth-order valence-corrected chi connectivity index (χ4v) is 2.67. The summed E-state index contributed by atoms with van der Waals surface area (Å²) in [5.74, 6) is -0.661. The fraction of sp³-hybridized carbons (Fsp3) is 0.462. The Kier molecular flexibility index (Phi) is 2.29. The number of carbonyl (C=O) groups is 1. The summed E-state index contributed by atoms with van der Waals surface area (Å²) in [7, 11) is 0. The minimum Gasteiger partial charge on any atom is -0.481 e. The van der Waals surface area contributed by atoms with Crippen molar-refractivity contribution >= 4 is 5.97 Å². The molecule has 0 aliphatic heterocycles. The smallest absolute Gasteiger partial charge is 0.314 e. The SMILES string of the molecule is Cc1cccc(C)c1C1(C(=O)O)CCC1. The minimum absolute atomic E-state index is 0.588. The van der Waals surface area contributed by atoms with Crippen LogP contribution < -0.4 is 0 Å². The summed E-state index contributed by atoms with van der Waals surface area (Å²) in [5.41, 5.74) is 2.67. The summed E-state index contributed by atoms with van der Waals surface area (Å²) in [6.07, 6.45) is 2.60. The third kappa shape index (κ3) is 1.36. The molecule has 0 amide bonds. The van der Waals surface area contributed by atoms with E-state index in [-0.39, 0.29) is 0 Å². The molecule has 1 N–H and O–H groups in total. The number of carboxylic acid groups (broad SMARTS) is 1. The number of aliphatic carboxylic acids is 1. The monoisotopic (exact) mass is 204 g/mol. The van der Waals surface area contributed by atoms with Gasteiger partial charge in [0.1, 0.15) is 0 Å². The Hall–Kier alpha value is -1.31. The molecule has 0 saturated heterocycles. The summed E-state index contributed by atoms with van der Waals surface area (Å²) >= 11 is 0. The minimum atomic E-state index is -0.661. The molecule has 2 nitrogen and oxygen atoms in total. The third-order valence-electron chi connectivity index (χ3n) is 3.58. The Morgan fingerprint density at radius 2 is 1.80 bits per heavy atom. The first-order valence-corrected chi connectivity index (χ1v) is 5.38. The number of aryl methyl sites for hydroxylation is 2. The van der Waals surface area contributed by atoms with Gasteiger partial charge in [0.2, 0.25) is 0 Å². The molecule has 1 aliphatic rings. The predicted molar refractivity (Wildman–Crippen MR) is 59.1 cm³/mol. The average Bonchev–Trinajstić information content (AvgIpc) is 2.07. The molecule has 1 aromatic carbocycles. The molecule has 1 saturated carbocycles. The van der Waals surface area contributed by atoms with E-state index in [1.54, 1.807) is 0 Å². The zero-order chi connectivity index (χ0) is 11.1. The Morgan fingerprint density at radius 3 is 2.13 bits per heavy atom. The lowest BCUT2D eigenvalue weighted by Crippen LogP contribution is -2.43. The highest BCUT2D eigenvalue weighted by Crippen LogP contribution is 2.46. The van der Waals surface area contributed by atoms with Crippen molar-refractivity contribution < 1.29 is 9.90 Å². The van der Waals surface area contributed by atoms with Crippen LogP contribution in [0.4, 0.5) is 0 Å². The Morgan fingerprint density at radius 1 is 1.27 bits per heavy atom. The second kappa shape index (κ2) is 3.37. The maximum absolute atomic E-state index is 11.4. The molecule has 2 rings (SSSR count).